The van der Waals surface area contributed by atoms with E-state index in [1.54, 1.807) is 24.3 Å². The van der Waals surface area contributed by atoms with E-state index in [2.05, 4.69) is 15.9 Å². The van der Waals surface area contributed by atoms with E-state index in [4.69, 9.17) is 9.84 Å². The first-order valence-electron chi connectivity index (χ1n) is 5.80. The van der Waals surface area contributed by atoms with E-state index in [9.17, 15) is 4.79 Å². The lowest BCUT2D eigenvalue weighted by atomic mass is 10.1. The highest BCUT2D eigenvalue weighted by atomic mass is 79.9. The zero-order valence-electron chi connectivity index (χ0n) is 10.2. The number of rotatable bonds is 4. The Balaban J connectivity index is 1.97. The van der Waals surface area contributed by atoms with Crippen molar-refractivity contribution >= 4 is 21.9 Å². The van der Waals surface area contributed by atoms with Crippen molar-refractivity contribution in [2.24, 2.45) is 0 Å². The Labute approximate surface area is 120 Å². The third-order valence-corrected chi connectivity index (χ3v) is 3.12. The SMILES string of the molecule is O=C(OCc1cccc(Br)c1)c1ccc(CO)cc1. The fourth-order valence-corrected chi connectivity index (χ4v) is 2.05. The molecule has 4 heteroatoms. The fourth-order valence-electron chi connectivity index (χ4n) is 1.61. The topological polar surface area (TPSA) is 46.5 Å². The lowest BCUT2D eigenvalue weighted by molar-refractivity contribution is 0.0472. The molecule has 0 spiro atoms. The Morgan fingerprint density at radius 3 is 2.47 bits per heavy atom. The van der Waals surface area contributed by atoms with E-state index in [1.165, 1.54) is 0 Å². The smallest absolute Gasteiger partial charge is 0.338 e. The Morgan fingerprint density at radius 1 is 1.11 bits per heavy atom. The zero-order valence-corrected chi connectivity index (χ0v) is 11.8. The van der Waals surface area contributed by atoms with Gasteiger partial charge in [0.15, 0.2) is 0 Å². The van der Waals surface area contributed by atoms with Crippen LogP contribution in [0, 0.1) is 0 Å². The normalized spacial score (nSPS) is 10.2. The molecule has 98 valence electrons. The van der Waals surface area contributed by atoms with E-state index in [0.29, 0.717) is 5.56 Å². The second kappa shape index (κ2) is 6.50. The van der Waals surface area contributed by atoms with Gasteiger partial charge in [0.2, 0.25) is 0 Å². The third kappa shape index (κ3) is 3.91. The van der Waals surface area contributed by atoms with Crippen LogP contribution in [0.4, 0.5) is 0 Å². The summed E-state index contributed by atoms with van der Waals surface area (Å²) in [7, 11) is 0. The highest BCUT2D eigenvalue weighted by Gasteiger charge is 2.07. The van der Waals surface area contributed by atoms with Crippen molar-refractivity contribution < 1.29 is 14.6 Å². The molecule has 1 N–H and O–H groups in total. The summed E-state index contributed by atoms with van der Waals surface area (Å²) >= 11 is 3.37. The standard InChI is InChI=1S/C15H13BrO3/c16-14-3-1-2-12(8-14)10-19-15(18)13-6-4-11(9-17)5-7-13/h1-8,17H,9-10H2. The quantitative estimate of drug-likeness (QED) is 0.879. The van der Waals surface area contributed by atoms with Gasteiger partial charge >= 0.3 is 5.97 Å². The van der Waals surface area contributed by atoms with Gasteiger partial charge in [-0.15, -0.1) is 0 Å². The lowest BCUT2D eigenvalue weighted by Gasteiger charge is -2.06. The predicted octanol–water partition coefficient (Wildman–Crippen LogP) is 3.30. The van der Waals surface area contributed by atoms with Crippen LogP contribution in [-0.4, -0.2) is 11.1 Å². The molecule has 0 aliphatic carbocycles. The first-order chi connectivity index (χ1) is 9.19. The maximum Gasteiger partial charge on any atom is 0.338 e. The number of benzene rings is 2. The number of hydrogen-bond donors (Lipinski definition) is 1. The van der Waals surface area contributed by atoms with Crippen LogP contribution in [0.5, 0.6) is 0 Å². The molecule has 2 rings (SSSR count). The highest BCUT2D eigenvalue weighted by molar-refractivity contribution is 9.10. The van der Waals surface area contributed by atoms with Crippen molar-refractivity contribution in [2.45, 2.75) is 13.2 Å². The van der Waals surface area contributed by atoms with E-state index in [0.717, 1.165) is 15.6 Å². The minimum atomic E-state index is -0.371. The molecule has 0 aromatic heterocycles. The van der Waals surface area contributed by atoms with Gasteiger partial charge in [0.05, 0.1) is 12.2 Å². The molecule has 0 radical (unpaired) electrons. The number of carbonyl (C=O) groups is 1. The Morgan fingerprint density at radius 2 is 1.84 bits per heavy atom. The first-order valence-corrected chi connectivity index (χ1v) is 6.59. The third-order valence-electron chi connectivity index (χ3n) is 2.63. The van der Waals surface area contributed by atoms with Gasteiger partial charge in [-0.05, 0) is 35.4 Å². The molecular formula is C15H13BrO3. The molecule has 0 amide bonds. The van der Waals surface area contributed by atoms with Crippen LogP contribution >= 0.6 is 15.9 Å². The summed E-state index contributed by atoms with van der Waals surface area (Å²) in [5.74, 6) is -0.371. The van der Waals surface area contributed by atoms with Crippen molar-refractivity contribution in [1.29, 1.82) is 0 Å². The molecule has 0 unspecified atom stereocenters. The number of esters is 1. The summed E-state index contributed by atoms with van der Waals surface area (Å²) in [6.45, 7) is 0.202. The van der Waals surface area contributed by atoms with Crippen LogP contribution in [0.1, 0.15) is 21.5 Å². The van der Waals surface area contributed by atoms with Crippen LogP contribution < -0.4 is 0 Å². The molecule has 0 aliphatic heterocycles. The molecule has 0 saturated carbocycles. The van der Waals surface area contributed by atoms with Crippen molar-refractivity contribution in [3.8, 4) is 0 Å². The molecule has 0 saturated heterocycles. The molecule has 0 bridgehead atoms. The number of hydrogen-bond acceptors (Lipinski definition) is 3. The van der Waals surface area contributed by atoms with Gasteiger partial charge in [-0.1, -0.05) is 40.2 Å². The molecule has 2 aromatic carbocycles. The van der Waals surface area contributed by atoms with Crippen LogP contribution in [-0.2, 0) is 18.0 Å². The summed E-state index contributed by atoms with van der Waals surface area (Å²) in [5, 5.41) is 8.92. The van der Waals surface area contributed by atoms with Gasteiger partial charge in [-0.2, -0.15) is 0 Å². The minimum Gasteiger partial charge on any atom is -0.457 e. The summed E-state index contributed by atoms with van der Waals surface area (Å²) in [6.07, 6.45) is 0. The summed E-state index contributed by atoms with van der Waals surface area (Å²) in [6, 6.07) is 14.3. The van der Waals surface area contributed by atoms with Crippen LogP contribution in [0.3, 0.4) is 0 Å². The largest absolute Gasteiger partial charge is 0.457 e. The second-order valence-electron chi connectivity index (χ2n) is 4.06. The Bertz CT molecular complexity index is 564. The zero-order chi connectivity index (χ0) is 13.7. The summed E-state index contributed by atoms with van der Waals surface area (Å²) in [5.41, 5.74) is 2.17. The molecule has 0 aliphatic rings. The average molecular weight is 321 g/mol. The molecule has 0 atom stereocenters. The number of carbonyl (C=O) groups excluding carboxylic acids is 1. The summed E-state index contributed by atoms with van der Waals surface area (Å²) < 4.78 is 6.17. The maximum atomic E-state index is 11.8. The number of halogens is 1. The monoisotopic (exact) mass is 320 g/mol. The van der Waals surface area contributed by atoms with Crippen LogP contribution in [0.15, 0.2) is 53.0 Å². The van der Waals surface area contributed by atoms with E-state index in [-0.39, 0.29) is 19.2 Å². The molecule has 2 aromatic rings. The molecule has 0 fully saturated rings. The second-order valence-corrected chi connectivity index (χ2v) is 4.98. The molecular weight excluding hydrogens is 308 g/mol. The van der Waals surface area contributed by atoms with Gasteiger partial charge in [0.1, 0.15) is 6.61 Å². The van der Waals surface area contributed by atoms with Gasteiger partial charge in [0.25, 0.3) is 0 Å². The maximum absolute atomic E-state index is 11.8. The number of aliphatic hydroxyl groups excluding tert-OH is 1. The van der Waals surface area contributed by atoms with Crippen LogP contribution in [0.25, 0.3) is 0 Å². The van der Waals surface area contributed by atoms with Gasteiger partial charge in [0, 0.05) is 4.47 Å². The number of ether oxygens (including phenoxy) is 1. The van der Waals surface area contributed by atoms with E-state index >= 15 is 0 Å². The Kier molecular flexibility index (Phi) is 4.71. The van der Waals surface area contributed by atoms with Crippen LogP contribution in [0.2, 0.25) is 0 Å². The van der Waals surface area contributed by atoms with E-state index < -0.39 is 0 Å². The Hall–Kier alpha value is -1.65. The van der Waals surface area contributed by atoms with Gasteiger partial charge < -0.3 is 9.84 Å². The molecule has 0 heterocycles. The molecule has 19 heavy (non-hydrogen) atoms. The minimum absolute atomic E-state index is 0.0344. The average Bonchev–Trinajstić information content (AvgIpc) is 2.45. The van der Waals surface area contributed by atoms with E-state index in [1.807, 2.05) is 24.3 Å². The summed E-state index contributed by atoms with van der Waals surface area (Å²) in [4.78, 5) is 11.8. The highest BCUT2D eigenvalue weighted by Crippen LogP contribution is 2.13. The van der Waals surface area contributed by atoms with Crippen molar-refractivity contribution in [2.75, 3.05) is 0 Å². The van der Waals surface area contributed by atoms with Crippen molar-refractivity contribution in [1.82, 2.24) is 0 Å². The lowest BCUT2D eigenvalue weighted by Crippen LogP contribution is -2.05. The molecule has 3 nitrogen and oxygen atoms in total. The van der Waals surface area contributed by atoms with Crippen molar-refractivity contribution in [3.05, 3.63) is 69.7 Å². The van der Waals surface area contributed by atoms with Crippen molar-refractivity contribution in [3.63, 3.8) is 0 Å². The van der Waals surface area contributed by atoms with Gasteiger partial charge in [-0.3, -0.25) is 0 Å². The number of aliphatic hydroxyl groups is 1. The predicted molar refractivity (Wildman–Crippen MR) is 75.6 cm³/mol. The fraction of sp³-hybridized carbons (Fsp3) is 0.133. The first kappa shape index (κ1) is 13.8. The van der Waals surface area contributed by atoms with Gasteiger partial charge in [-0.25, -0.2) is 4.79 Å².